The molecule has 2 saturated carbocycles. The van der Waals surface area contributed by atoms with Crippen molar-refractivity contribution in [1.82, 2.24) is 10.2 Å². The first-order valence-corrected chi connectivity index (χ1v) is 8.63. The molecule has 4 heteroatoms. The molecule has 3 atom stereocenters. The van der Waals surface area contributed by atoms with Gasteiger partial charge >= 0.3 is 6.09 Å². The first-order valence-electron chi connectivity index (χ1n) is 8.63. The van der Waals surface area contributed by atoms with Crippen LogP contribution in [0, 0.1) is 16.7 Å². The van der Waals surface area contributed by atoms with Crippen LogP contribution in [0.2, 0.25) is 0 Å². The molecule has 2 fully saturated rings. The van der Waals surface area contributed by atoms with E-state index in [2.05, 4.69) is 26.1 Å². The van der Waals surface area contributed by atoms with Crippen LogP contribution in [-0.2, 0) is 4.74 Å². The number of nitrogens with one attached hydrogen (secondary N) is 1. The summed E-state index contributed by atoms with van der Waals surface area (Å²) in [4.78, 5) is 13.6. The van der Waals surface area contributed by atoms with Gasteiger partial charge in [-0.2, -0.15) is 0 Å². The predicted octanol–water partition coefficient (Wildman–Crippen LogP) is 3.66. The van der Waals surface area contributed by atoms with Crippen molar-refractivity contribution in [3.63, 3.8) is 0 Å². The lowest BCUT2D eigenvalue weighted by Crippen LogP contribution is -2.52. The highest BCUT2D eigenvalue weighted by atomic mass is 16.6. The molecule has 0 spiro atoms. The fourth-order valence-corrected chi connectivity index (χ4v) is 4.62. The first kappa shape index (κ1) is 17.6. The Labute approximate surface area is 136 Å². The third-order valence-electron chi connectivity index (χ3n) is 5.77. The second-order valence-corrected chi connectivity index (χ2v) is 9.20. The topological polar surface area (TPSA) is 41.6 Å². The van der Waals surface area contributed by atoms with E-state index < -0.39 is 5.60 Å². The van der Waals surface area contributed by atoms with Gasteiger partial charge in [0.2, 0.25) is 0 Å². The summed E-state index contributed by atoms with van der Waals surface area (Å²) in [7, 11) is 1.81. The Hall–Kier alpha value is -0.770. The molecule has 2 bridgehead atoms. The van der Waals surface area contributed by atoms with Crippen molar-refractivity contribution < 1.29 is 9.53 Å². The van der Waals surface area contributed by atoms with E-state index in [1.165, 1.54) is 19.3 Å². The number of amides is 1. The molecular weight excluding hydrogens is 276 g/mol. The van der Waals surface area contributed by atoms with Gasteiger partial charge in [0.05, 0.1) is 0 Å². The number of nitrogens with zero attached hydrogens (tertiary/aromatic N) is 1. The van der Waals surface area contributed by atoms with Crippen LogP contribution in [0.3, 0.4) is 0 Å². The van der Waals surface area contributed by atoms with E-state index in [0.29, 0.717) is 23.4 Å². The maximum atomic E-state index is 12.0. The van der Waals surface area contributed by atoms with Crippen molar-refractivity contribution >= 4 is 6.09 Å². The van der Waals surface area contributed by atoms with Crippen LogP contribution in [0.5, 0.6) is 0 Å². The number of fused-ring (bicyclic) bond motifs is 2. The number of likely N-dealkylation sites (N-methyl/N-ethyl adjacent to an activating group) is 1. The number of hydrogen-bond acceptors (Lipinski definition) is 3. The number of rotatable bonds is 4. The average Bonchev–Trinajstić information content (AvgIpc) is 2.82. The van der Waals surface area contributed by atoms with Crippen LogP contribution < -0.4 is 5.32 Å². The van der Waals surface area contributed by atoms with E-state index in [1.54, 1.807) is 4.90 Å². The molecule has 0 radical (unpaired) electrons. The minimum atomic E-state index is -0.432. The molecule has 2 aliphatic carbocycles. The van der Waals surface area contributed by atoms with Gasteiger partial charge in [-0.05, 0) is 56.8 Å². The summed E-state index contributed by atoms with van der Waals surface area (Å²) in [5, 5.41) is 3.74. The van der Waals surface area contributed by atoms with Gasteiger partial charge in [-0.25, -0.2) is 4.79 Å². The molecule has 4 nitrogen and oxygen atoms in total. The molecule has 0 aromatic heterocycles. The highest BCUT2D eigenvalue weighted by Gasteiger charge is 2.58. The summed E-state index contributed by atoms with van der Waals surface area (Å²) in [5.41, 5.74) is 0.356. The molecule has 1 N–H and O–H groups in total. The molecule has 22 heavy (non-hydrogen) atoms. The van der Waals surface area contributed by atoms with Crippen LogP contribution in [0.1, 0.15) is 60.8 Å². The van der Waals surface area contributed by atoms with Crippen molar-refractivity contribution in [1.29, 1.82) is 0 Å². The van der Waals surface area contributed by atoms with Gasteiger partial charge in [0.1, 0.15) is 5.60 Å². The lowest BCUT2D eigenvalue weighted by Gasteiger charge is -2.43. The molecule has 128 valence electrons. The third kappa shape index (κ3) is 3.42. The molecule has 1 amide bonds. The third-order valence-corrected chi connectivity index (χ3v) is 5.77. The van der Waals surface area contributed by atoms with E-state index >= 15 is 0 Å². The van der Waals surface area contributed by atoms with E-state index in [4.69, 9.17) is 4.74 Å². The van der Waals surface area contributed by atoms with Crippen LogP contribution in [-0.4, -0.2) is 42.8 Å². The Kier molecular flexibility index (Phi) is 4.55. The number of ether oxygens (including phenoxy) is 1. The molecule has 2 aliphatic rings. The van der Waals surface area contributed by atoms with Crippen molar-refractivity contribution in [2.45, 2.75) is 72.4 Å². The smallest absolute Gasteiger partial charge is 0.410 e. The largest absolute Gasteiger partial charge is 0.444 e. The summed E-state index contributed by atoms with van der Waals surface area (Å²) in [6.07, 6.45) is 3.81. The van der Waals surface area contributed by atoms with Gasteiger partial charge in [-0.15, -0.1) is 0 Å². The van der Waals surface area contributed by atoms with Crippen molar-refractivity contribution in [2.75, 3.05) is 20.1 Å². The number of carbonyl (C=O) groups is 1. The molecule has 0 aliphatic heterocycles. The maximum Gasteiger partial charge on any atom is 0.410 e. The number of carbonyl (C=O) groups excluding carboxylic acids is 1. The summed E-state index contributed by atoms with van der Waals surface area (Å²) in [6.45, 7) is 14.4. The lowest BCUT2D eigenvalue weighted by molar-refractivity contribution is 0.0291. The molecule has 1 unspecified atom stereocenters. The predicted molar refractivity (Wildman–Crippen MR) is 89.9 cm³/mol. The maximum absolute atomic E-state index is 12.0. The van der Waals surface area contributed by atoms with Crippen molar-refractivity contribution in [2.24, 2.45) is 16.7 Å². The van der Waals surface area contributed by atoms with E-state index in [1.807, 2.05) is 27.8 Å². The zero-order valence-corrected chi connectivity index (χ0v) is 15.5. The summed E-state index contributed by atoms with van der Waals surface area (Å²) < 4.78 is 5.39. The van der Waals surface area contributed by atoms with E-state index in [-0.39, 0.29) is 6.09 Å². The molecular formula is C18H34N2O2. The summed E-state index contributed by atoms with van der Waals surface area (Å²) in [5.74, 6) is 0.846. The Morgan fingerprint density at radius 1 is 1.32 bits per heavy atom. The van der Waals surface area contributed by atoms with Gasteiger partial charge in [0, 0.05) is 26.2 Å². The fraction of sp³-hybridized carbons (Fsp3) is 0.944. The van der Waals surface area contributed by atoms with Gasteiger partial charge in [0.15, 0.2) is 0 Å². The Bertz CT molecular complexity index is 423. The van der Waals surface area contributed by atoms with Crippen LogP contribution in [0.4, 0.5) is 4.79 Å². The second-order valence-electron chi connectivity index (χ2n) is 9.20. The highest BCUT2D eigenvalue weighted by Crippen LogP contribution is 2.62. The quantitative estimate of drug-likeness (QED) is 0.861. The molecule has 0 aromatic carbocycles. The second kappa shape index (κ2) is 5.70. The zero-order valence-electron chi connectivity index (χ0n) is 15.5. The minimum Gasteiger partial charge on any atom is -0.444 e. The standard InChI is InChI=1S/C18H34N2O2/c1-16(2,3)22-15(21)20(7)11-10-19-14-17(4,5)13-8-9-18(14,6)12-13/h13-14,19H,8-12H2,1-7H3/t13-,14?,18+/m0/s1. The summed E-state index contributed by atoms with van der Waals surface area (Å²) >= 11 is 0. The van der Waals surface area contributed by atoms with E-state index in [9.17, 15) is 4.79 Å². The molecule has 0 aromatic rings. The average molecular weight is 310 g/mol. The Morgan fingerprint density at radius 2 is 1.95 bits per heavy atom. The normalized spacial score (nSPS) is 33.0. The lowest BCUT2D eigenvalue weighted by atomic mass is 9.68. The SMILES string of the molecule is CN(CCNC1C(C)(C)[C@H]2CC[C@]1(C)C2)C(=O)OC(C)(C)C. The van der Waals surface area contributed by atoms with Crippen LogP contribution in [0.15, 0.2) is 0 Å². The van der Waals surface area contributed by atoms with E-state index in [0.717, 1.165) is 12.5 Å². The molecule has 2 rings (SSSR count). The zero-order chi connectivity index (χ0) is 16.8. The van der Waals surface area contributed by atoms with Gasteiger partial charge in [-0.3, -0.25) is 0 Å². The van der Waals surface area contributed by atoms with Gasteiger partial charge in [0.25, 0.3) is 0 Å². The van der Waals surface area contributed by atoms with Crippen LogP contribution >= 0.6 is 0 Å². The highest BCUT2D eigenvalue weighted by molar-refractivity contribution is 5.67. The van der Waals surface area contributed by atoms with Crippen molar-refractivity contribution in [3.05, 3.63) is 0 Å². The monoisotopic (exact) mass is 310 g/mol. The number of hydrogen-bond donors (Lipinski definition) is 1. The Morgan fingerprint density at radius 3 is 2.45 bits per heavy atom. The van der Waals surface area contributed by atoms with Crippen molar-refractivity contribution in [3.8, 4) is 0 Å². The summed E-state index contributed by atoms with van der Waals surface area (Å²) in [6, 6.07) is 0.547. The minimum absolute atomic E-state index is 0.243. The molecule has 0 heterocycles. The Balaban J connectivity index is 1.83. The molecule has 0 saturated heterocycles. The first-order chi connectivity index (χ1) is 9.96. The van der Waals surface area contributed by atoms with Gasteiger partial charge < -0.3 is 15.0 Å². The van der Waals surface area contributed by atoms with Crippen LogP contribution in [0.25, 0.3) is 0 Å². The fourth-order valence-electron chi connectivity index (χ4n) is 4.62. The van der Waals surface area contributed by atoms with Gasteiger partial charge in [-0.1, -0.05) is 20.8 Å².